The minimum Gasteiger partial charge on any atom is -0.453 e. The van der Waals surface area contributed by atoms with Gasteiger partial charge >= 0.3 is 6.09 Å². The number of aromatic nitrogens is 4. The molecule has 13 heteroatoms. The van der Waals surface area contributed by atoms with Gasteiger partial charge in [0, 0.05) is 36.2 Å². The molecule has 216 valence electrons. The first-order valence-corrected chi connectivity index (χ1v) is 13.4. The van der Waals surface area contributed by atoms with Crippen molar-refractivity contribution in [1.29, 1.82) is 0 Å². The lowest BCUT2D eigenvalue weighted by Crippen LogP contribution is -2.25. The van der Waals surface area contributed by atoms with Crippen molar-refractivity contribution in [2.24, 2.45) is 5.92 Å². The first-order valence-electron chi connectivity index (χ1n) is 13.1. The van der Waals surface area contributed by atoms with Gasteiger partial charge in [0.25, 0.3) is 0 Å². The molecule has 1 aliphatic rings. The highest BCUT2D eigenvalue weighted by atomic mass is 35.5. The van der Waals surface area contributed by atoms with E-state index in [4.69, 9.17) is 11.6 Å². The first-order chi connectivity index (χ1) is 20.1. The minimum absolute atomic E-state index is 0.0146. The number of hydrogen-bond acceptors (Lipinski definition) is 8. The fourth-order valence-electron chi connectivity index (χ4n) is 4.70. The smallest absolute Gasteiger partial charge is 0.411 e. The quantitative estimate of drug-likeness (QED) is 0.275. The zero-order valence-corrected chi connectivity index (χ0v) is 23.7. The van der Waals surface area contributed by atoms with Crippen molar-refractivity contribution in [2.45, 2.75) is 32.7 Å². The summed E-state index contributed by atoms with van der Waals surface area (Å²) in [4.78, 5) is 42.6. The van der Waals surface area contributed by atoms with Crippen LogP contribution in [-0.4, -0.2) is 44.9 Å². The standard InChI is InChI=1S/C29H27ClFN7O4/c1-15-11-19(39)14-24(34-27-16(2)38(37-36-27)25-6-4-5-21(30)26(25)31)23-12-17(9-10-32-23)20-8-7-18(33-29(41)42-3)13-22(20)35-28(15)40/h4-10,12-13,15,24,34H,11,14H2,1-3H3,(H,33,41)(H,35,40)/t15-,24+/m1/s1. The summed E-state index contributed by atoms with van der Waals surface area (Å²) < 4.78 is 20.7. The van der Waals surface area contributed by atoms with Crippen LogP contribution in [0.5, 0.6) is 0 Å². The van der Waals surface area contributed by atoms with E-state index in [2.05, 4.69) is 36.0 Å². The number of amides is 2. The zero-order chi connectivity index (χ0) is 30.0. The number of rotatable bonds is 4. The van der Waals surface area contributed by atoms with E-state index in [9.17, 15) is 18.8 Å². The van der Waals surface area contributed by atoms with Crippen molar-refractivity contribution >= 4 is 46.6 Å². The Morgan fingerprint density at radius 2 is 1.98 bits per heavy atom. The Morgan fingerprint density at radius 1 is 1.17 bits per heavy atom. The zero-order valence-electron chi connectivity index (χ0n) is 22.9. The van der Waals surface area contributed by atoms with Crippen LogP contribution < -0.4 is 16.0 Å². The summed E-state index contributed by atoms with van der Waals surface area (Å²) in [5, 5.41) is 17.0. The molecular formula is C29H27ClFN7O4. The van der Waals surface area contributed by atoms with Crippen molar-refractivity contribution in [2.75, 3.05) is 23.1 Å². The fraction of sp³-hybridized carbons (Fsp3) is 0.241. The number of carbonyl (C=O) groups is 3. The summed E-state index contributed by atoms with van der Waals surface area (Å²) in [6, 6.07) is 12.6. The number of fused-ring (bicyclic) bond motifs is 4. The van der Waals surface area contributed by atoms with Gasteiger partial charge in [-0.2, -0.15) is 0 Å². The summed E-state index contributed by atoms with van der Waals surface area (Å²) in [6.45, 7) is 3.39. The number of nitrogens with one attached hydrogen (secondary N) is 3. The van der Waals surface area contributed by atoms with Crippen LogP contribution >= 0.6 is 11.6 Å². The molecule has 5 rings (SSSR count). The summed E-state index contributed by atoms with van der Waals surface area (Å²) >= 11 is 5.96. The maximum atomic E-state index is 14.7. The summed E-state index contributed by atoms with van der Waals surface area (Å²) in [6.07, 6.45) is 0.952. The Labute approximate surface area is 245 Å². The molecular weight excluding hydrogens is 565 g/mol. The number of methoxy groups -OCH3 is 1. The molecule has 2 amide bonds. The highest BCUT2D eigenvalue weighted by Gasteiger charge is 2.26. The number of carbonyl (C=O) groups excluding carboxylic acids is 3. The van der Waals surface area contributed by atoms with Gasteiger partial charge in [-0.05, 0) is 48.9 Å². The van der Waals surface area contributed by atoms with Crippen LogP contribution in [-0.2, 0) is 14.3 Å². The summed E-state index contributed by atoms with van der Waals surface area (Å²) in [5.41, 5.74) is 3.43. The van der Waals surface area contributed by atoms with Crippen LogP contribution in [0.25, 0.3) is 16.8 Å². The average Bonchev–Trinajstić information content (AvgIpc) is 3.33. The molecule has 0 radical (unpaired) electrons. The lowest BCUT2D eigenvalue weighted by atomic mass is 9.94. The topological polar surface area (TPSA) is 140 Å². The van der Waals surface area contributed by atoms with Crippen molar-refractivity contribution in [3.05, 3.63) is 77.0 Å². The van der Waals surface area contributed by atoms with Crippen molar-refractivity contribution in [3.8, 4) is 16.8 Å². The fourth-order valence-corrected chi connectivity index (χ4v) is 4.87. The van der Waals surface area contributed by atoms with E-state index in [1.165, 1.54) is 23.9 Å². The highest BCUT2D eigenvalue weighted by molar-refractivity contribution is 6.30. The third kappa shape index (κ3) is 5.93. The Morgan fingerprint density at radius 3 is 2.76 bits per heavy atom. The third-order valence-corrected chi connectivity index (χ3v) is 7.23. The van der Waals surface area contributed by atoms with E-state index >= 15 is 0 Å². The molecule has 0 saturated heterocycles. The van der Waals surface area contributed by atoms with Crippen LogP contribution in [0, 0.1) is 18.7 Å². The van der Waals surface area contributed by atoms with Crippen LogP contribution in [0.3, 0.4) is 0 Å². The maximum Gasteiger partial charge on any atom is 0.411 e. The van der Waals surface area contributed by atoms with Crippen LogP contribution in [0.2, 0.25) is 5.02 Å². The third-order valence-electron chi connectivity index (χ3n) is 6.94. The van der Waals surface area contributed by atoms with Gasteiger partial charge in [-0.3, -0.25) is 19.9 Å². The van der Waals surface area contributed by atoms with Gasteiger partial charge in [0.2, 0.25) is 5.91 Å². The van der Waals surface area contributed by atoms with Crippen LogP contribution in [0.15, 0.2) is 54.7 Å². The number of benzene rings is 2. The Kier molecular flexibility index (Phi) is 8.16. The van der Waals surface area contributed by atoms with E-state index in [0.717, 1.165) is 0 Å². The Bertz CT molecular complexity index is 1690. The SMILES string of the molecule is COC(=O)Nc1ccc2c(c1)NC(=O)[C@H](C)CC(=O)C[C@H](Nc1nnn(-c3cccc(Cl)c3F)c1C)c1cc-2ccn1. The molecule has 4 aromatic rings. The lowest BCUT2D eigenvalue weighted by molar-refractivity contribution is -0.125. The second-order valence-electron chi connectivity index (χ2n) is 9.89. The summed E-state index contributed by atoms with van der Waals surface area (Å²) in [5.74, 6) is -1.46. The second kappa shape index (κ2) is 12.0. The van der Waals surface area contributed by atoms with Gasteiger partial charge in [0.05, 0.1) is 35.2 Å². The number of anilines is 3. The number of ketones is 1. The van der Waals surface area contributed by atoms with E-state index in [-0.39, 0.29) is 35.2 Å². The lowest BCUT2D eigenvalue weighted by Gasteiger charge is -2.22. The molecule has 0 spiro atoms. The van der Waals surface area contributed by atoms with E-state index in [1.807, 2.05) is 6.07 Å². The van der Waals surface area contributed by atoms with Gasteiger partial charge in [-0.25, -0.2) is 13.9 Å². The predicted octanol–water partition coefficient (Wildman–Crippen LogP) is 5.70. The molecule has 3 N–H and O–H groups in total. The van der Waals surface area contributed by atoms with Gasteiger partial charge in [-0.15, -0.1) is 5.10 Å². The molecule has 1 aliphatic heterocycles. The van der Waals surface area contributed by atoms with Gasteiger partial charge in [-0.1, -0.05) is 35.9 Å². The van der Waals surface area contributed by atoms with Gasteiger partial charge < -0.3 is 15.4 Å². The number of Topliss-reactive ketones (excluding diaryl/α,β-unsaturated/α-hetero) is 1. The van der Waals surface area contributed by atoms with Crippen molar-refractivity contribution in [1.82, 2.24) is 20.0 Å². The molecule has 11 nitrogen and oxygen atoms in total. The van der Waals surface area contributed by atoms with Crippen molar-refractivity contribution in [3.63, 3.8) is 0 Å². The number of nitrogens with zero attached hydrogens (tertiary/aromatic N) is 4. The van der Waals surface area contributed by atoms with Gasteiger partial charge in [0.15, 0.2) is 11.6 Å². The van der Waals surface area contributed by atoms with E-state index in [0.29, 0.717) is 39.7 Å². The van der Waals surface area contributed by atoms with Gasteiger partial charge in [0.1, 0.15) is 11.5 Å². The normalized spacial score (nSPS) is 16.9. The number of hydrogen-bond donors (Lipinski definition) is 3. The predicted molar refractivity (Wildman–Crippen MR) is 155 cm³/mol. The second-order valence-corrected chi connectivity index (χ2v) is 10.3. The van der Waals surface area contributed by atoms with Crippen LogP contribution in [0.1, 0.15) is 37.2 Å². The van der Waals surface area contributed by atoms with E-state index in [1.54, 1.807) is 50.4 Å². The molecule has 2 atom stereocenters. The Balaban J connectivity index is 1.55. The van der Waals surface area contributed by atoms with Crippen LogP contribution in [0.4, 0.5) is 26.4 Å². The molecule has 2 aromatic carbocycles. The molecule has 0 aliphatic carbocycles. The van der Waals surface area contributed by atoms with Crippen molar-refractivity contribution < 1.29 is 23.5 Å². The first kappa shape index (κ1) is 28.7. The average molecular weight is 592 g/mol. The maximum absolute atomic E-state index is 14.7. The molecule has 0 unspecified atom stereocenters. The number of ether oxygens (including phenoxy) is 1. The molecule has 2 bridgehead atoms. The van der Waals surface area contributed by atoms with E-state index < -0.39 is 23.9 Å². The largest absolute Gasteiger partial charge is 0.453 e. The molecule has 3 heterocycles. The Hall–Kier alpha value is -4.84. The summed E-state index contributed by atoms with van der Waals surface area (Å²) in [7, 11) is 1.25. The monoisotopic (exact) mass is 591 g/mol. The highest BCUT2D eigenvalue weighted by Crippen LogP contribution is 2.34. The molecule has 0 fully saturated rings. The number of halogens is 2. The minimum atomic E-state index is -0.654. The molecule has 0 saturated carbocycles. The molecule has 42 heavy (non-hydrogen) atoms. The number of pyridine rings is 1. The molecule has 2 aromatic heterocycles.